The zero-order valence-corrected chi connectivity index (χ0v) is 20.4. The van der Waals surface area contributed by atoms with Gasteiger partial charge in [-0.05, 0) is 91.1 Å². The van der Waals surface area contributed by atoms with E-state index in [0.717, 1.165) is 19.3 Å². The predicted octanol–water partition coefficient (Wildman–Crippen LogP) is 9.60. The minimum atomic E-state index is 0.310. The maximum Gasteiger partial charge on any atom is -0.0104 e. The number of hydrogen-bond donors (Lipinski definition) is 0. The average Bonchev–Trinajstić information content (AvgIpc) is 2.62. The van der Waals surface area contributed by atoms with Crippen LogP contribution in [0.1, 0.15) is 93.9 Å². The van der Waals surface area contributed by atoms with Crippen molar-refractivity contribution in [2.45, 2.75) is 93.9 Å². The second kappa shape index (κ2) is 12.7. The van der Waals surface area contributed by atoms with E-state index in [2.05, 4.69) is 104 Å². The molecule has 160 valence electrons. The molecule has 0 heteroatoms. The SMILES string of the molecule is CC(C)=CCC/C(C)=C/C/C=C/C(C)=C/C=C(C)/C=C/C1=C(C)CCCC1(C)C. The van der Waals surface area contributed by atoms with Crippen LogP contribution in [0.4, 0.5) is 0 Å². The summed E-state index contributed by atoms with van der Waals surface area (Å²) < 4.78 is 0. The molecule has 0 aromatic rings. The van der Waals surface area contributed by atoms with Crippen LogP contribution >= 0.6 is 0 Å². The zero-order chi connectivity index (χ0) is 21.9. The third-order valence-corrected chi connectivity index (χ3v) is 5.74. The standard InChI is InChI=1S/C29H44/c1-23(2)13-11-16-24(3)14-9-10-15-25(4)18-19-26(5)20-21-28-27(6)17-12-22-29(28,7)8/h10,13-15,18-21H,9,11-12,16-17,22H2,1-8H3/b15-10+,21-20+,24-14+,25-18+,26-19+. The Labute approximate surface area is 181 Å². The van der Waals surface area contributed by atoms with Gasteiger partial charge in [0, 0.05) is 0 Å². The first-order valence-corrected chi connectivity index (χ1v) is 11.3. The Morgan fingerprint density at radius 3 is 2.21 bits per heavy atom. The molecule has 0 radical (unpaired) electrons. The molecule has 29 heavy (non-hydrogen) atoms. The van der Waals surface area contributed by atoms with E-state index in [9.17, 15) is 0 Å². The van der Waals surface area contributed by atoms with E-state index < -0.39 is 0 Å². The molecule has 0 unspecified atom stereocenters. The van der Waals surface area contributed by atoms with Crippen LogP contribution in [0, 0.1) is 5.41 Å². The summed E-state index contributed by atoms with van der Waals surface area (Å²) in [5.41, 5.74) is 8.88. The summed E-state index contributed by atoms with van der Waals surface area (Å²) in [6, 6.07) is 0. The van der Waals surface area contributed by atoms with Crippen LogP contribution in [0.2, 0.25) is 0 Å². The van der Waals surface area contributed by atoms with Gasteiger partial charge in [0.25, 0.3) is 0 Å². The minimum absolute atomic E-state index is 0.310. The first kappa shape index (κ1) is 25.2. The molecule has 1 rings (SSSR count). The van der Waals surface area contributed by atoms with Gasteiger partial charge < -0.3 is 0 Å². The lowest BCUT2D eigenvalue weighted by atomic mass is 9.72. The Hall–Kier alpha value is -1.82. The molecule has 0 saturated carbocycles. The Balaban J connectivity index is 2.59. The van der Waals surface area contributed by atoms with Crippen LogP contribution in [0.3, 0.4) is 0 Å². The Bertz CT molecular complexity index is 735. The molecule has 0 aromatic heterocycles. The normalized spacial score (nSPS) is 18.8. The lowest BCUT2D eigenvalue weighted by molar-refractivity contribution is 0.377. The fourth-order valence-corrected chi connectivity index (χ4v) is 3.81. The van der Waals surface area contributed by atoms with Gasteiger partial charge in [-0.1, -0.05) is 90.3 Å². The van der Waals surface area contributed by atoms with Gasteiger partial charge in [0.05, 0.1) is 0 Å². The molecule has 0 saturated heterocycles. The van der Waals surface area contributed by atoms with E-state index in [1.54, 1.807) is 5.57 Å². The molecular weight excluding hydrogens is 348 g/mol. The van der Waals surface area contributed by atoms with Crippen molar-refractivity contribution in [2.24, 2.45) is 5.41 Å². The second-order valence-corrected chi connectivity index (χ2v) is 9.59. The van der Waals surface area contributed by atoms with Crippen LogP contribution in [-0.2, 0) is 0 Å². The van der Waals surface area contributed by atoms with Gasteiger partial charge in [-0.25, -0.2) is 0 Å². The van der Waals surface area contributed by atoms with E-state index >= 15 is 0 Å². The second-order valence-electron chi connectivity index (χ2n) is 9.59. The third-order valence-electron chi connectivity index (χ3n) is 5.74. The molecule has 0 fully saturated rings. The fourth-order valence-electron chi connectivity index (χ4n) is 3.81. The highest BCUT2D eigenvalue weighted by Crippen LogP contribution is 2.40. The van der Waals surface area contributed by atoms with E-state index in [1.165, 1.54) is 47.1 Å². The van der Waals surface area contributed by atoms with Crippen LogP contribution < -0.4 is 0 Å². The van der Waals surface area contributed by atoms with Gasteiger partial charge in [-0.15, -0.1) is 0 Å². The van der Waals surface area contributed by atoms with Crippen molar-refractivity contribution < 1.29 is 0 Å². The molecule has 0 heterocycles. The van der Waals surface area contributed by atoms with Crippen LogP contribution in [0.5, 0.6) is 0 Å². The van der Waals surface area contributed by atoms with Gasteiger partial charge in [0.15, 0.2) is 0 Å². The van der Waals surface area contributed by atoms with Crippen molar-refractivity contribution in [3.63, 3.8) is 0 Å². The molecule has 0 N–H and O–H groups in total. The topological polar surface area (TPSA) is 0 Å². The van der Waals surface area contributed by atoms with E-state index in [-0.39, 0.29) is 0 Å². The van der Waals surface area contributed by atoms with Gasteiger partial charge in [-0.2, -0.15) is 0 Å². The molecule has 0 spiro atoms. The quantitative estimate of drug-likeness (QED) is 0.270. The van der Waals surface area contributed by atoms with Gasteiger partial charge >= 0.3 is 0 Å². The summed E-state index contributed by atoms with van der Waals surface area (Å²) in [5, 5.41) is 0. The van der Waals surface area contributed by atoms with Gasteiger partial charge in [0.1, 0.15) is 0 Å². The molecule has 0 bridgehead atoms. The van der Waals surface area contributed by atoms with E-state index in [4.69, 9.17) is 0 Å². The van der Waals surface area contributed by atoms with Crippen LogP contribution in [-0.4, -0.2) is 0 Å². The maximum atomic E-state index is 2.38. The fraction of sp³-hybridized carbons (Fsp3) is 0.517. The van der Waals surface area contributed by atoms with E-state index in [1.807, 2.05) is 0 Å². The Kier molecular flexibility index (Phi) is 11.0. The van der Waals surface area contributed by atoms with Crippen molar-refractivity contribution in [2.75, 3.05) is 0 Å². The molecular formula is C29H44. The monoisotopic (exact) mass is 392 g/mol. The van der Waals surface area contributed by atoms with Crippen molar-refractivity contribution in [1.82, 2.24) is 0 Å². The first-order chi connectivity index (χ1) is 13.6. The lowest BCUT2D eigenvalue weighted by Crippen LogP contribution is -2.19. The smallest absolute Gasteiger partial charge is 0.0104 e. The van der Waals surface area contributed by atoms with Crippen molar-refractivity contribution in [1.29, 1.82) is 0 Å². The largest absolute Gasteiger partial charge is 0.0856 e. The van der Waals surface area contributed by atoms with E-state index in [0.29, 0.717) is 5.41 Å². The number of allylic oxidation sites excluding steroid dienone is 14. The summed E-state index contributed by atoms with van der Waals surface area (Å²) in [6.07, 6.45) is 25.4. The molecule has 0 atom stereocenters. The molecule has 0 amide bonds. The van der Waals surface area contributed by atoms with Crippen LogP contribution in [0.25, 0.3) is 0 Å². The minimum Gasteiger partial charge on any atom is -0.0856 e. The first-order valence-electron chi connectivity index (χ1n) is 11.3. The lowest BCUT2D eigenvalue weighted by Gasteiger charge is -2.32. The summed E-state index contributed by atoms with van der Waals surface area (Å²) >= 11 is 0. The van der Waals surface area contributed by atoms with Gasteiger partial charge in [0.2, 0.25) is 0 Å². The highest BCUT2D eigenvalue weighted by atomic mass is 14.3. The number of rotatable bonds is 9. The number of hydrogen-bond acceptors (Lipinski definition) is 0. The predicted molar refractivity (Wildman–Crippen MR) is 133 cm³/mol. The van der Waals surface area contributed by atoms with Crippen molar-refractivity contribution in [3.8, 4) is 0 Å². The maximum absolute atomic E-state index is 2.38. The summed E-state index contributed by atoms with van der Waals surface area (Å²) in [7, 11) is 0. The Morgan fingerprint density at radius 2 is 1.59 bits per heavy atom. The van der Waals surface area contributed by atoms with Crippen LogP contribution in [0.15, 0.2) is 82.0 Å². The molecule has 0 nitrogen and oxygen atoms in total. The summed E-state index contributed by atoms with van der Waals surface area (Å²) in [4.78, 5) is 0. The van der Waals surface area contributed by atoms with Gasteiger partial charge in [-0.3, -0.25) is 0 Å². The average molecular weight is 393 g/mol. The highest BCUT2D eigenvalue weighted by Gasteiger charge is 2.26. The Morgan fingerprint density at radius 1 is 0.931 bits per heavy atom. The van der Waals surface area contributed by atoms with Crippen molar-refractivity contribution >= 4 is 0 Å². The summed E-state index contributed by atoms with van der Waals surface area (Å²) in [6.45, 7) is 18.0. The molecule has 0 aliphatic heterocycles. The molecule has 1 aliphatic rings. The zero-order valence-electron chi connectivity index (χ0n) is 20.4. The molecule has 0 aromatic carbocycles. The molecule has 1 aliphatic carbocycles. The highest BCUT2D eigenvalue weighted by molar-refractivity contribution is 5.37. The van der Waals surface area contributed by atoms with Crippen molar-refractivity contribution in [3.05, 3.63) is 82.0 Å². The summed E-state index contributed by atoms with van der Waals surface area (Å²) in [5.74, 6) is 0. The third kappa shape index (κ3) is 10.5.